The fraction of sp³-hybridized carbons (Fsp3) is 0.286. The quantitative estimate of drug-likeness (QED) is 0.713. The molecular weight excluding hydrogens is 340 g/mol. The number of nitrogens with zero attached hydrogens (tertiary/aromatic N) is 4. The van der Waals surface area contributed by atoms with Crippen molar-refractivity contribution in [3.05, 3.63) is 71.5 Å². The van der Waals surface area contributed by atoms with E-state index in [1.165, 1.54) is 11.9 Å². The molecule has 0 unspecified atom stereocenters. The lowest BCUT2D eigenvalue weighted by Crippen LogP contribution is -2.41. The molecule has 0 fully saturated rings. The Kier molecular flexibility index (Phi) is 4.39. The number of methoxy groups -OCH3 is 1. The fourth-order valence-electron chi connectivity index (χ4n) is 3.73. The van der Waals surface area contributed by atoms with Crippen molar-refractivity contribution in [3.63, 3.8) is 0 Å². The van der Waals surface area contributed by atoms with Crippen molar-refractivity contribution in [2.45, 2.75) is 32.4 Å². The highest BCUT2D eigenvalue weighted by Gasteiger charge is 2.38. The molecule has 138 valence electrons. The van der Waals surface area contributed by atoms with Crippen LogP contribution in [0.15, 0.2) is 54.9 Å². The molecule has 0 saturated carbocycles. The van der Waals surface area contributed by atoms with E-state index in [0.717, 1.165) is 23.3 Å². The van der Waals surface area contributed by atoms with E-state index >= 15 is 0 Å². The molecule has 0 N–H and O–H groups in total. The largest absolute Gasteiger partial charge is 0.497 e. The van der Waals surface area contributed by atoms with Crippen LogP contribution in [0.3, 0.4) is 0 Å². The van der Waals surface area contributed by atoms with Crippen molar-refractivity contribution < 1.29 is 9.53 Å². The maximum atomic E-state index is 12.5. The minimum Gasteiger partial charge on any atom is -0.497 e. The van der Waals surface area contributed by atoms with Crippen LogP contribution < -0.4 is 9.64 Å². The van der Waals surface area contributed by atoms with Gasteiger partial charge in [0.15, 0.2) is 0 Å². The maximum absolute atomic E-state index is 12.5. The highest BCUT2D eigenvalue weighted by atomic mass is 16.5. The first-order valence-electron chi connectivity index (χ1n) is 8.98. The van der Waals surface area contributed by atoms with E-state index in [9.17, 15) is 4.79 Å². The van der Waals surface area contributed by atoms with E-state index in [-0.39, 0.29) is 18.0 Å². The van der Waals surface area contributed by atoms with Crippen molar-refractivity contribution in [1.82, 2.24) is 14.8 Å². The molecule has 0 aliphatic carbocycles. The Morgan fingerprint density at radius 3 is 2.30 bits per heavy atom. The normalized spacial score (nSPS) is 18.9. The van der Waals surface area contributed by atoms with Crippen molar-refractivity contribution in [2.24, 2.45) is 0 Å². The zero-order valence-corrected chi connectivity index (χ0v) is 15.7. The van der Waals surface area contributed by atoms with Gasteiger partial charge in [-0.3, -0.25) is 9.69 Å². The van der Waals surface area contributed by atoms with Crippen molar-refractivity contribution in [1.29, 1.82) is 0 Å². The van der Waals surface area contributed by atoms with E-state index < -0.39 is 0 Å². The Morgan fingerprint density at radius 2 is 1.67 bits per heavy atom. The second kappa shape index (κ2) is 6.87. The summed E-state index contributed by atoms with van der Waals surface area (Å²) in [5.74, 6) is 1.36. The van der Waals surface area contributed by atoms with E-state index in [1.807, 2.05) is 28.9 Å². The van der Waals surface area contributed by atoms with Crippen LogP contribution in [-0.4, -0.2) is 27.8 Å². The third-order valence-electron chi connectivity index (χ3n) is 5.12. The molecule has 1 aliphatic heterocycles. The zero-order chi connectivity index (χ0) is 19.0. The molecule has 3 aromatic rings. The minimum atomic E-state index is -0.0908. The number of aryl methyl sites for hydroxylation is 1. The van der Waals surface area contributed by atoms with Crippen molar-refractivity contribution >= 4 is 11.9 Å². The van der Waals surface area contributed by atoms with Gasteiger partial charge in [-0.2, -0.15) is 10.1 Å². The van der Waals surface area contributed by atoms with E-state index in [1.54, 1.807) is 18.9 Å². The highest BCUT2D eigenvalue weighted by Crippen LogP contribution is 2.41. The zero-order valence-electron chi connectivity index (χ0n) is 15.7. The number of ether oxygens (including phenoxy) is 1. The summed E-state index contributed by atoms with van der Waals surface area (Å²) in [4.78, 5) is 18.6. The van der Waals surface area contributed by atoms with Gasteiger partial charge in [0.1, 0.15) is 12.1 Å². The molecule has 6 nitrogen and oxygen atoms in total. The van der Waals surface area contributed by atoms with Crippen LogP contribution in [0.25, 0.3) is 0 Å². The molecule has 4 rings (SSSR count). The monoisotopic (exact) mass is 362 g/mol. The number of fused-ring (bicyclic) bond motifs is 1. The summed E-state index contributed by atoms with van der Waals surface area (Å²) in [5.41, 5.74) is 3.41. The fourth-order valence-corrected chi connectivity index (χ4v) is 3.73. The van der Waals surface area contributed by atoms with Gasteiger partial charge < -0.3 is 4.74 Å². The number of carbonyl (C=O) groups is 1. The van der Waals surface area contributed by atoms with Gasteiger partial charge in [-0.15, -0.1) is 0 Å². The second-order valence-electron chi connectivity index (χ2n) is 6.84. The second-order valence-corrected chi connectivity index (χ2v) is 6.84. The first kappa shape index (κ1) is 17.3. The molecule has 1 aliphatic rings. The van der Waals surface area contributed by atoms with Crippen LogP contribution in [0.4, 0.5) is 5.95 Å². The lowest BCUT2D eigenvalue weighted by Gasteiger charge is -2.38. The molecular formula is C21H22N4O2. The number of hydrogen-bond acceptors (Lipinski definition) is 4. The topological polar surface area (TPSA) is 60.2 Å². The number of anilines is 1. The average molecular weight is 362 g/mol. The summed E-state index contributed by atoms with van der Waals surface area (Å²) in [5, 5.41) is 4.41. The average Bonchev–Trinajstić information content (AvgIpc) is 3.16. The lowest BCUT2D eigenvalue weighted by molar-refractivity contribution is -0.117. The Hall–Kier alpha value is -3.15. The molecule has 2 atom stereocenters. The highest BCUT2D eigenvalue weighted by molar-refractivity contribution is 5.90. The number of rotatable bonds is 3. The molecule has 0 bridgehead atoms. The van der Waals surface area contributed by atoms with E-state index in [2.05, 4.69) is 41.3 Å². The standard InChI is InChI=1S/C21H22N4O2/c1-14-4-6-16(7-5-14)19-12-20(17-8-10-18(27-3)11-9-17)25-21(22-13-23-25)24(19)15(2)26/h4-11,13,19-20H,12H2,1-3H3/t19-,20-/m1/s1. The Bertz CT molecular complexity index is 947. The maximum Gasteiger partial charge on any atom is 0.231 e. The third kappa shape index (κ3) is 3.07. The minimum absolute atomic E-state index is 0.00434. The van der Waals surface area contributed by atoms with Crippen molar-refractivity contribution in [3.8, 4) is 5.75 Å². The number of carbonyl (C=O) groups excluding carboxylic acids is 1. The Morgan fingerprint density at radius 1 is 1.04 bits per heavy atom. The predicted octanol–water partition coefficient (Wildman–Crippen LogP) is 3.68. The number of aromatic nitrogens is 3. The summed E-state index contributed by atoms with van der Waals surface area (Å²) in [6.45, 7) is 3.64. The summed E-state index contributed by atoms with van der Waals surface area (Å²) in [6, 6.07) is 16.2. The van der Waals surface area contributed by atoms with Gasteiger partial charge in [-0.1, -0.05) is 42.0 Å². The summed E-state index contributed by atoms with van der Waals surface area (Å²) < 4.78 is 7.11. The van der Waals surface area contributed by atoms with Crippen LogP contribution in [0.2, 0.25) is 0 Å². The van der Waals surface area contributed by atoms with E-state index in [0.29, 0.717) is 5.95 Å². The summed E-state index contributed by atoms with van der Waals surface area (Å²) >= 11 is 0. The first-order valence-corrected chi connectivity index (χ1v) is 8.98. The Labute approximate surface area is 158 Å². The van der Waals surface area contributed by atoms with Gasteiger partial charge >= 0.3 is 0 Å². The number of benzene rings is 2. The van der Waals surface area contributed by atoms with Crippen LogP contribution in [0, 0.1) is 6.92 Å². The third-order valence-corrected chi connectivity index (χ3v) is 5.12. The van der Waals surface area contributed by atoms with Crippen LogP contribution in [-0.2, 0) is 4.79 Å². The molecule has 6 heteroatoms. The molecule has 1 amide bonds. The molecule has 0 saturated heterocycles. The van der Waals surface area contributed by atoms with Gasteiger partial charge in [0.05, 0.1) is 19.2 Å². The first-order chi connectivity index (χ1) is 13.1. The lowest BCUT2D eigenvalue weighted by atomic mass is 9.91. The molecule has 2 heterocycles. The van der Waals surface area contributed by atoms with Crippen LogP contribution in [0.1, 0.15) is 42.1 Å². The van der Waals surface area contributed by atoms with E-state index in [4.69, 9.17) is 4.74 Å². The van der Waals surface area contributed by atoms with Gasteiger partial charge in [0, 0.05) is 6.92 Å². The van der Waals surface area contributed by atoms with Crippen LogP contribution in [0.5, 0.6) is 5.75 Å². The summed E-state index contributed by atoms with van der Waals surface area (Å²) in [6.07, 6.45) is 2.24. The van der Waals surface area contributed by atoms with Crippen molar-refractivity contribution in [2.75, 3.05) is 12.0 Å². The predicted molar refractivity (Wildman–Crippen MR) is 103 cm³/mol. The molecule has 1 aromatic heterocycles. The van der Waals surface area contributed by atoms with Gasteiger partial charge in [0.25, 0.3) is 0 Å². The molecule has 2 aromatic carbocycles. The van der Waals surface area contributed by atoms with Crippen LogP contribution >= 0.6 is 0 Å². The van der Waals surface area contributed by atoms with Gasteiger partial charge in [0.2, 0.25) is 11.9 Å². The summed E-state index contributed by atoms with van der Waals surface area (Å²) in [7, 11) is 1.66. The Balaban J connectivity index is 1.80. The number of hydrogen-bond donors (Lipinski definition) is 0. The van der Waals surface area contributed by atoms with Gasteiger partial charge in [-0.05, 0) is 36.6 Å². The molecule has 0 radical (unpaired) electrons. The number of amides is 1. The SMILES string of the molecule is COc1ccc([C@H]2C[C@H](c3ccc(C)cc3)N(C(C)=O)c3ncnn32)cc1. The smallest absolute Gasteiger partial charge is 0.231 e. The van der Waals surface area contributed by atoms with Gasteiger partial charge in [-0.25, -0.2) is 4.68 Å². The molecule has 27 heavy (non-hydrogen) atoms. The molecule has 0 spiro atoms.